The van der Waals surface area contributed by atoms with Gasteiger partial charge in [-0.2, -0.15) is 13.2 Å². The van der Waals surface area contributed by atoms with Gasteiger partial charge in [-0.15, -0.1) is 0 Å². The Bertz CT molecular complexity index is 779. The molecule has 2 aromatic rings. The quantitative estimate of drug-likeness (QED) is 0.722. The van der Waals surface area contributed by atoms with E-state index in [4.69, 9.17) is 0 Å². The number of nitrogens with zero attached hydrogens (tertiary/aromatic N) is 1. The van der Waals surface area contributed by atoms with Crippen molar-refractivity contribution in [2.24, 2.45) is 0 Å². The predicted molar refractivity (Wildman–Crippen MR) is 106 cm³/mol. The SMILES string of the molecule is FC(F)(F)c1cccc(-c2ccc(C3C[C@@H]3NCCN3CCCCC3)cc2)c1. The van der Waals surface area contributed by atoms with E-state index in [1.165, 1.54) is 50.0 Å². The summed E-state index contributed by atoms with van der Waals surface area (Å²) in [5.41, 5.74) is 2.10. The zero-order valence-corrected chi connectivity index (χ0v) is 16.0. The van der Waals surface area contributed by atoms with Gasteiger partial charge in [-0.25, -0.2) is 0 Å². The van der Waals surface area contributed by atoms with Crippen LogP contribution in [0, 0.1) is 0 Å². The van der Waals surface area contributed by atoms with E-state index in [1.807, 2.05) is 12.1 Å². The molecule has 2 fully saturated rings. The number of halogens is 3. The van der Waals surface area contributed by atoms with Crippen molar-refractivity contribution in [2.45, 2.75) is 43.8 Å². The fraction of sp³-hybridized carbons (Fsp3) is 0.478. The molecule has 0 radical (unpaired) electrons. The standard InChI is InChI=1S/C23H27F3N2/c24-23(25,26)20-6-4-5-19(15-20)17-7-9-18(10-8-17)21-16-22(21)27-11-14-28-12-2-1-3-13-28/h4-10,15,21-22,27H,1-3,11-14,16H2/t21?,22-/m0/s1. The van der Waals surface area contributed by atoms with E-state index in [1.54, 1.807) is 6.07 Å². The number of hydrogen-bond donors (Lipinski definition) is 1. The molecule has 150 valence electrons. The molecule has 1 saturated heterocycles. The maximum Gasteiger partial charge on any atom is 0.416 e. The molecule has 1 heterocycles. The first-order valence-electron chi connectivity index (χ1n) is 10.2. The molecule has 2 aliphatic rings. The first-order valence-corrected chi connectivity index (χ1v) is 10.2. The van der Waals surface area contributed by atoms with Crippen molar-refractivity contribution in [3.05, 3.63) is 59.7 Å². The second-order valence-electron chi connectivity index (χ2n) is 8.01. The Balaban J connectivity index is 1.31. The zero-order chi connectivity index (χ0) is 19.6. The van der Waals surface area contributed by atoms with Crippen molar-refractivity contribution in [2.75, 3.05) is 26.2 Å². The first-order chi connectivity index (χ1) is 13.5. The van der Waals surface area contributed by atoms with Gasteiger partial charge in [0.15, 0.2) is 0 Å². The largest absolute Gasteiger partial charge is 0.416 e. The van der Waals surface area contributed by atoms with Crippen LogP contribution in [0.4, 0.5) is 13.2 Å². The number of hydrogen-bond acceptors (Lipinski definition) is 2. The van der Waals surface area contributed by atoms with E-state index in [9.17, 15) is 13.2 Å². The molecule has 2 atom stereocenters. The van der Waals surface area contributed by atoms with Crippen LogP contribution in [0.2, 0.25) is 0 Å². The molecular weight excluding hydrogens is 361 g/mol. The highest BCUT2D eigenvalue weighted by Crippen LogP contribution is 2.41. The molecule has 0 aromatic heterocycles. The Morgan fingerprint density at radius 1 is 0.929 bits per heavy atom. The van der Waals surface area contributed by atoms with Crippen molar-refractivity contribution in [1.29, 1.82) is 0 Å². The Hall–Kier alpha value is -1.85. The van der Waals surface area contributed by atoms with Crippen LogP contribution in [0.3, 0.4) is 0 Å². The Labute approximate surface area is 164 Å². The van der Waals surface area contributed by atoms with E-state index in [0.717, 1.165) is 31.1 Å². The van der Waals surface area contributed by atoms with E-state index in [2.05, 4.69) is 22.3 Å². The summed E-state index contributed by atoms with van der Waals surface area (Å²) < 4.78 is 38.7. The van der Waals surface area contributed by atoms with Gasteiger partial charge in [0, 0.05) is 25.0 Å². The van der Waals surface area contributed by atoms with Crippen LogP contribution < -0.4 is 5.32 Å². The topological polar surface area (TPSA) is 15.3 Å². The maximum atomic E-state index is 12.9. The highest BCUT2D eigenvalue weighted by molar-refractivity contribution is 5.65. The minimum absolute atomic E-state index is 0.525. The summed E-state index contributed by atoms with van der Waals surface area (Å²) in [6.45, 7) is 4.61. The average molecular weight is 388 g/mol. The Morgan fingerprint density at radius 3 is 2.39 bits per heavy atom. The van der Waals surface area contributed by atoms with Crippen LogP contribution in [0.15, 0.2) is 48.5 Å². The van der Waals surface area contributed by atoms with Crippen LogP contribution >= 0.6 is 0 Å². The van der Waals surface area contributed by atoms with E-state index >= 15 is 0 Å². The Morgan fingerprint density at radius 2 is 1.68 bits per heavy atom. The third-order valence-electron chi connectivity index (χ3n) is 5.94. The molecule has 1 aliphatic heterocycles. The minimum atomic E-state index is -4.31. The lowest BCUT2D eigenvalue weighted by Gasteiger charge is -2.26. The fourth-order valence-corrected chi connectivity index (χ4v) is 4.18. The van der Waals surface area contributed by atoms with Gasteiger partial charge in [-0.3, -0.25) is 0 Å². The molecule has 1 unspecified atom stereocenters. The summed E-state index contributed by atoms with van der Waals surface area (Å²) >= 11 is 0. The molecule has 1 aliphatic carbocycles. The van der Waals surface area contributed by atoms with Crippen molar-refractivity contribution in [3.63, 3.8) is 0 Å². The summed E-state index contributed by atoms with van der Waals surface area (Å²) in [6.07, 6.45) is 0.847. The lowest BCUT2D eigenvalue weighted by atomic mass is 10.0. The molecule has 2 aromatic carbocycles. The fourth-order valence-electron chi connectivity index (χ4n) is 4.18. The highest BCUT2D eigenvalue weighted by atomic mass is 19.4. The van der Waals surface area contributed by atoms with Crippen molar-refractivity contribution < 1.29 is 13.2 Å². The lowest BCUT2D eigenvalue weighted by molar-refractivity contribution is -0.137. The number of rotatable bonds is 6. The van der Waals surface area contributed by atoms with Gasteiger partial charge in [-0.1, -0.05) is 42.8 Å². The van der Waals surface area contributed by atoms with Crippen LogP contribution in [0.5, 0.6) is 0 Å². The second kappa shape index (κ2) is 8.26. The van der Waals surface area contributed by atoms with Gasteiger partial charge in [0.25, 0.3) is 0 Å². The van der Waals surface area contributed by atoms with Gasteiger partial charge in [-0.05, 0) is 61.2 Å². The first kappa shape index (κ1) is 19.5. The van der Waals surface area contributed by atoms with E-state index < -0.39 is 11.7 Å². The summed E-state index contributed by atoms with van der Waals surface area (Å²) in [4.78, 5) is 2.54. The maximum absolute atomic E-state index is 12.9. The smallest absolute Gasteiger partial charge is 0.312 e. The molecule has 2 nitrogen and oxygen atoms in total. The summed E-state index contributed by atoms with van der Waals surface area (Å²) in [7, 11) is 0. The predicted octanol–water partition coefficient (Wildman–Crippen LogP) is 5.30. The molecule has 28 heavy (non-hydrogen) atoms. The van der Waals surface area contributed by atoms with E-state index in [-0.39, 0.29) is 0 Å². The molecule has 0 bridgehead atoms. The van der Waals surface area contributed by atoms with Crippen LogP contribution in [0.1, 0.15) is 42.7 Å². The third kappa shape index (κ3) is 4.76. The van der Waals surface area contributed by atoms with Gasteiger partial charge < -0.3 is 10.2 Å². The van der Waals surface area contributed by atoms with E-state index in [0.29, 0.717) is 17.5 Å². The van der Waals surface area contributed by atoms with Gasteiger partial charge in [0.05, 0.1) is 5.56 Å². The summed E-state index contributed by atoms with van der Waals surface area (Å²) in [5.74, 6) is 0.525. The lowest BCUT2D eigenvalue weighted by Crippen LogP contribution is -2.36. The van der Waals surface area contributed by atoms with Crippen molar-refractivity contribution in [1.82, 2.24) is 10.2 Å². The van der Waals surface area contributed by atoms with Crippen LogP contribution in [-0.4, -0.2) is 37.1 Å². The summed E-state index contributed by atoms with van der Waals surface area (Å²) in [5, 5.41) is 3.66. The zero-order valence-electron chi connectivity index (χ0n) is 16.0. The van der Waals surface area contributed by atoms with Crippen molar-refractivity contribution >= 4 is 0 Å². The monoisotopic (exact) mass is 388 g/mol. The average Bonchev–Trinajstić information content (AvgIpc) is 3.48. The number of piperidine rings is 1. The highest BCUT2D eigenvalue weighted by Gasteiger charge is 2.37. The van der Waals surface area contributed by atoms with Crippen LogP contribution in [0.25, 0.3) is 11.1 Å². The third-order valence-corrected chi connectivity index (χ3v) is 5.94. The molecular formula is C23H27F3N2. The van der Waals surface area contributed by atoms with Gasteiger partial charge in [0.1, 0.15) is 0 Å². The molecule has 0 spiro atoms. The molecule has 1 saturated carbocycles. The van der Waals surface area contributed by atoms with Crippen LogP contribution in [-0.2, 0) is 6.18 Å². The summed E-state index contributed by atoms with van der Waals surface area (Å²) in [6, 6.07) is 14.1. The van der Waals surface area contributed by atoms with Gasteiger partial charge >= 0.3 is 6.18 Å². The normalized spacial score (nSPS) is 23.0. The van der Waals surface area contributed by atoms with Gasteiger partial charge in [0.2, 0.25) is 0 Å². The second-order valence-corrected chi connectivity index (χ2v) is 8.01. The molecule has 4 rings (SSSR count). The number of likely N-dealkylation sites (tertiary alicyclic amines) is 1. The van der Waals surface area contributed by atoms with Crippen molar-refractivity contribution in [3.8, 4) is 11.1 Å². The molecule has 0 amide bonds. The Kier molecular flexibility index (Phi) is 5.74. The molecule has 5 heteroatoms. The minimum Gasteiger partial charge on any atom is -0.312 e. The molecule has 1 N–H and O–H groups in total. The number of benzene rings is 2. The number of alkyl halides is 3. The number of nitrogens with one attached hydrogen (secondary N) is 1.